The number of anilines is 1. The first-order valence-electron chi connectivity index (χ1n) is 8.31. The van der Waals surface area contributed by atoms with E-state index in [9.17, 15) is 17.4 Å². The predicted molar refractivity (Wildman–Crippen MR) is 102 cm³/mol. The Balaban J connectivity index is 2.00. The normalized spacial score (nSPS) is 12.7. The SMILES string of the molecule is Nc1ncc(-c2ccc(-c3ccc(C(F)(F)F)cc3S(=O)NCCO)cn2)cn1. The van der Waals surface area contributed by atoms with Gasteiger partial charge in [0.05, 0.1) is 22.8 Å². The van der Waals surface area contributed by atoms with Crippen LogP contribution in [0.5, 0.6) is 0 Å². The minimum Gasteiger partial charge on any atom is -0.395 e. The number of nitrogen functional groups attached to an aromatic ring is 1. The van der Waals surface area contributed by atoms with E-state index < -0.39 is 22.7 Å². The monoisotopic (exact) mass is 423 g/mol. The molecule has 1 unspecified atom stereocenters. The second-order valence-corrected chi connectivity index (χ2v) is 7.12. The number of aliphatic hydroxyl groups is 1. The summed E-state index contributed by atoms with van der Waals surface area (Å²) in [6.45, 7) is -0.337. The maximum absolute atomic E-state index is 13.1. The van der Waals surface area contributed by atoms with Crippen molar-refractivity contribution in [2.24, 2.45) is 0 Å². The number of aromatic nitrogens is 3. The molecular weight excluding hydrogens is 407 g/mol. The summed E-state index contributed by atoms with van der Waals surface area (Å²) in [5.74, 6) is 0.123. The average molecular weight is 423 g/mol. The molecule has 0 bridgehead atoms. The van der Waals surface area contributed by atoms with Gasteiger partial charge in [-0.2, -0.15) is 13.2 Å². The van der Waals surface area contributed by atoms with Gasteiger partial charge < -0.3 is 10.8 Å². The van der Waals surface area contributed by atoms with E-state index in [1.165, 1.54) is 24.7 Å². The molecule has 4 N–H and O–H groups in total. The van der Waals surface area contributed by atoms with Crippen molar-refractivity contribution < 1.29 is 22.5 Å². The Morgan fingerprint density at radius 3 is 2.31 bits per heavy atom. The van der Waals surface area contributed by atoms with Gasteiger partial charge in [-0.1, -0.05) is 12.1 Å². The van der Waals surface area contributed by atoms with E-state index in [0.717, 1.165) is 12.1 Å². The van der Waals surface area contributed by atoms with Gasteiger partial charge in [0.25, 0.3) is 0 Å². The lowest BCUT2D eigenvalue weighted by molar-refractivity contribution is -0.137. The lowest BCUT2D eigenvalue weighted by Gasteiger charge is -2.14. The van der Waals surface area contributed by atoms with Gasteiger partial charge in [-0.15, -0.1) is 0 Å². The number of halogens is 3. The van der Waals surface area contributed by atoms with Crippen LogP contribution in [0.4, 0.5) is 19.1 Å². The molecule has 3 aromatic rings. The predicted octanol–water partition coefficient (Wildman–Crippen LogP) is 2.41. The average Bonchev–Trinajstić information content (AvgIpc) is 2.71. The number of alkyl halides is 3. The largest absolute Gasteiger partial charge is 0.416 e. The van der Waals surface area contributed by atoms with E-state index in [0.29, 0.717) is 22.4 Å². The summed E-state index contributed by atoms with van der Waals surface area (Å²) in [4.78, 5) is 12.0. The fourth-order valence-electron chi connectivity index (χ4n) is 2.50. The molecule has 0 saturated carbocycles. The molecule has 0 amide bonds. The van der Waals surface area contributed by atoms with Crippen molar-refractivity contribution in [1.82, 2.24) is 19.7 Å². The molecule has 0 spiro atoms. The molecule has 0 radical (unpaired) electrons. The first-order valence-corrected chi connectivity index (χ1v) is 9.46. The molecule has 1 aromatic carbocycles. The number of rotatable bonds is 6. The van der Waals surface area contributed by atoms with Crippen LogP contribution in [0.15, 0.2) is 53.8 Å². The number of aliphatic hydroxyl groups excluding tert-OH is 1. The number of benzene rings is 1. The van der Waals surface area contributed by atoms with Crippen molar-refractivity contribution in [2.75, 3.05) is 18.9 Å². The number of hydrogen-bond donors (Lipinski definition) is 3. The zero-order valence-electron chi connectivity index (χ0n) is 14.8. The molecule has 0 aliphatic carbocycles. The highest BCUT2D eigenvalue weighted by Crippen LogP contribution is 2.34. The van der Waals surface area contributed by atoms with Crippen LogP contribution in [-0.4, -0.2) is 37.4 Å². The maximum atomic E-state index is 13.1. The Morgan fingerprint density at radius 2 is 1.72 bits per heavy atom. The standard InChI is InChI=1S/C18H16F3N5O2S/c19-18(20,21)13-2-3-14(16(7-13)29(28)26-5-6-27)11-1-4-15(23-8-11)12-9-24-17(22)25-10-12/h1-4,7-10,26-27H,5-6H2,(H2,22,24,25). The van der Waals surface area contributed by atoms with Crippen LogP contribution in [0, 0.1) is 0 Å². The smallest absolute Gasteiger partial charge is 0.395 e. The molecule has 3 rings (SSSR count). The first-order chi connectivity index (χ1) is 13.8. The zero-order valence-corrected chi connectivity index (χ0v) is 15.7. The van der Waals surface area contributed by atoms with E-state index in [-0.39, 0.29) is 24.0 Å². The number of hydrogen-bond acceptors (Lipinski definition) is 6. The number of nitrogens with two attached hydrogens (primary N) is 1. The fraction of sp³-hybridized carbons (Fsp3) is 0.167. The van der Waals surface area contributed by atoms with Gasteiger partial charge >= 0.3 is 6.18 Å². The second-order valence-electron chi connectivity index (χ2n) is 5.86. The Hall–Kier alpha value is -2.89. The minimum absolute atomic E-state index is 0.0311. The number of nitrogens with zero attached hydrogens (tertiary/aromatic N) is 3. The molecular formula is C18H16F3N5O2S. The Bertz CT molecular complexity index is 1010. The highest BCUT2D eigenvalue weighted by molar-refractivity contribution is 7.83. The quantitative estimate of drug-likeness (QED) is 0.561. The van der Waals surface area contributed by atoms with Crippen molar-refractivity contribution in [1.29, 1.82) is 0 Å². The third-order valence-corrected chi connectivity index (χ3v) is 5.10. The van der Waals surface area contributed by atoms with Crippen molar-refractivity contribution in [2.45, 2.75) is 11.1 Å². The van der Waals surface area contributed by atoms with Crippen molar-refractivity contribution in [3.05, 3.63) is 54.5 Å². The number of pyridine rings is 1. The van der Waals surface area contributed by atoms with Crippen LogP contribution < -0.4 is 10.5 Å². The van der Waals surface area contributed by atoms with Crippen LogP contribution in [-0.2, 0) is 17.2 Å². The second kappa shape index (κ2) is 8.64. The first kappa shape index (κ1) is 20.8. The van der Waals surface area contributed by atoms with Crippen LogP contribution in [0.2, 0.25) is 0 Å². The summed E-state index contributed by atoms with van der Waals surface area (Å²) >= 11 is 0. The molecule has 11 heteroatoms. The Labute approximate surface area is 166 Å². The van der Waals surface area contributed by atoms with Crippen LogP contribution >= 0.6 is 0 Å². The molecule has 0 saturated heterocycles. The van der Waals surface area contributed by atoms with Gasteiger partial charge in [-0.05, 0) is 18.2 Å². The molecule has 0 aliphatic rings. The molecule has 152 valence electrons. The number of nitrogens with one attached hydrogen (secondary N) is 1. The van der Waals surface area contributed by atoms with Gasteiger partial charge in [0.2, 0.25) is 5.95 Å². The Kier molecular flexibility index (Phi) is 6.20. The molecule has 0 fully saturated rings. The van der Waals surface area contributed by atoms with E-state index in [1.54, 1.807) is 12.1 Å². The summed E-state index contributed by atoms with van der Waals surface area (Å²) in [7, 11) is -1.96. The summed E-state index contributed by atoms with van der Waals surface area (Å²) in [6.07, 6.45) is -0.115. The molecule has 7 nitrogen and oxygen atoms in total. The van der Waals surface area contributed by atoms with Gasteiger partial charge in [0.15, 0.2) is 0 Å². The lowest BCUT2D eigenvalue weighted by atomic mass is 10.0. The van der Waals surface area contributed by atoms with Crippen molar-refractivity contribution >= 4 is 16.9 Å². The van der Waals surface area contributed by atoms with Crippen molar-refractivity contribution in [3.8, 4) is 22.4 Å². The summed E-state index contributed by atoms with van der Waals surface area (Å²) in [5, 5.41) is 8.88. The summed E-state index contributed by atoms with van der Waals surface area (Å²) in [6, 6.07) is 6.30. The highest BCUT2D eigenvalue weighted by Gasteiger charge is 2.31. The van der Waals surface area contributed by atoms with Crippen LogP contribution in [0.25, 0.3) is 22.4 Å². The zero-order chi connectivity index (χ0) is 21.0. The highest BCUT2D eigenvalue weighted by atomic mass is 32.2. The van der Waals surface area contributed by atoms with Crippen LogP contribution in [0.1, 0.15) is 5.56 Å². The van der Waals surface area contributed by atoms with Gasteiger partial charge in [-0.25, -0.2) is 18.9 Å². The van der Waals surface area contributed by atoms with Gasteiger partial charge in [0.1, 0.15) is 11.0 Å². The molecule has 1 atom stereocenters. The van der Waals surface area contributed by atoms with Gasteiger partial charge in [0, 0.05) is 41.8 Å². The Morgan fingerprint density at radius 1 is 1.03 bits per heavy atom. The maximum Gasteiger partial charge on any atom is 0.416 e. The molecule has 29 heavy (non-hydrogen) atoms. The van der Waals surface area contributed by atoms with E-state index in [1.807, 2.05) is 0 Å². The van der Waals surface area contributed by atoms with E-state index in [2.05, 4.69) is 19.7 Å². The molecule has 2 aromatic heterocycles. The van der Waals surface area contributed by atoms with Gasteiger partial charge in [-0.3, -0.25) is 4.98 Å². The van der Waals surface area contributed by atoms with E-state index in [4.69, 9.17) is 10.8 Å². The van der Waals surface area contributed by atoms with Crippen molar-refractivity contribution in [3.63, 3.8) is 0 Å². The molecule has 2 heterocycles. The van der Waals surface area contributed by atoms with Crippen LogP contribution in [0.3, 0.4) is 0 Å². The lowest BCUT2D eigenvalue weighted by Crippen LogP contribution is -2.22. The summed E-state index contributed by atoms with van der Waals surface area (Å²) in [5.41, 5.74) is 6.50. The third kappa shape index (κ3) is 4.94. The minimum atomic E-state index is -4.58. The molecule has 0 aliphatic heterocycles. The van der Waals surface area contributed by atoms with E-state index >= 15 is 0 Å². The third-order valence-electron chi connectivity index (χ3n) is 3.90. The fourth-order valence-corrected chi connectivity index (χ4v) is 3.55. The topological polar surface area (TPSA) is 114 Å². The summed E-state index contributed by atoms with van der Waals surface area (Å²) < 4.78 is 54.2.